The van der Waals surface area contributed by atoms with Gasteiger partial charge in [0.05, 0.1) is 31.2 Å². The number of aryl methyl sites for hydroxylation is 1. The van der Waals surface area contributed by atoms with Crippen molar-refractivity contribution in [3.63, 3.8) is 0 Å². The molecular weight excluding hydrogens is 578 g/mol. The summed E-state index contributed by atoms with van der Waals surface area (Å²) in [6, 6.07) is 21.2. The number of halogens is 2. The molecule has 3 aromatic rings. The van der Waals surface area contributed by atoms with Crippen LogP contribution in [0.3, 0.4) is 0 Å². The normalized spacial score (nSPS) is 15.4. The fourth-order valence-electron chi connectivity index (χ4n) is 3.26. The van der Waals surface area contributed by atoms with E-state index >= 15 is 0 Å². The van der Waals surface area contributed by atoms with Crippen LogP contribution in [0.2, 0.25) is 0 Å². The number of benzene rings is 3. The van der Waals surface area contributed by atoms with Gasteiger partial charge in [-0.15, -0.1) is 0 Å². The van der Waals surface area contributed by atoms with Crippen LogP contribution in [-0.2, 0) is 17.8 Å². The number of rotatable bonds is 6. The van der Waals surface area contributed by atoms with Crippen molar-refractivity contribution in [2.24, 2.45) is 4.99 Å². The maximum atomic E-state index is 12.5. The third-order valence-electron chi connectivity index (χ3n) is 5.05. The lowest BCUT2D eigenvalue weighted by molar-refractivity contribution is -0.115. The van der Waals surface area contributed by atoms with E-state index in [1.54, 1.807) is 6.07 Å². The van der Waals surface area contributed by atoms with Crippen LogP contribution >= 0.6 is 43.6 Å². The van der Waals surface area contributed by atoms with Crippen molar-refractivity contribution in [3.05, 3.63) is 96.8 Å². The molecule has 170 valence electrons. The Bertz CT molecular complexity index is 1320. The average Bonchev–Trinajstić information content (AvgIpc) is 3.17. The molecular formula is C26H19Br2N3O2S. The maximum absolute atomic E-state index is 12.5. The van der Waals surface area contributed by atoms with E-state index in [0.717, 1.165) is 32.2 Å². The van der Waals surface area contributed by atoms with E-state index < -0.39 is 0 Å². The molecule has 3 aromatic carbocycles. The Morgan fingerprint density at radius 3 is 2.50 bits per heavy atom. The van der Waals surface area contributed by atoms with Gasteiger partial charge in [-0.3, -0.25) is 4.79 Å². The summed E-state index contributed by atoms with van der Waals surface area (Å²) in [4.78, 5) is 17.6. The topological polar surface area (TPSA) is 74.5 Å². The van der Waals surface area contributed by atoms with Crippen LogP contribution in [0.4, 0.5) is 5.69 Å². The minimum atomic E-state index is -0.186. The Balaban J connectivity index is 1.50. The second-order valence-electron chi connectivity index (χ2n) is 7.37. The molecule has 1 aliphatic heterocycles. The molecule has 1 saturated heterocycles. The Hall–Kier alpha value is -2.86. The molecule has 1 N–H and O–H groups in total. The fraction of sp³-hybridized carbons (Fsp3) is 0.115. The fourth-order valence-corrected chi connectivity index (χ4v) is 5.55. The van der Waals surface area contributed by atoms with Gasteiger partial charge in [0.2, 0.25) is 0 Å². The minimum Gasteiger partial charge on any atom is -0.486 e. The van der Waals surface area contributed by atoms with E-state index in [2.05, 4.69) is 55.2 Å². The standard InChI is InChI=1S/C26H19Br2N3O2S/c1-2-16-7-9-20(10-8-16)30-26-31-25(32)23(34-26)13-17-11-21(27)24(22(28)12-17)33-15-19-6-4-3-5-18(19)14-29/h3-13H,2,15H2,1H3,(H,30,31,32)/b23-13-. The molecule has 0 saturated carbocycles. The van der Waals surface area contributed by atoms with E-state index in [9.17, 15) is 10.1 Å². The van der Waals surface area contributed by atoms with Gasteiger partial charge < -0.3 is 10.1 Å². The molecule has 1 heterocycles. The second-order valence-corrected chi connectivity index (χ2v) is 10.1. The lowest BCUT2D eigenvalue weighted by Crippen LogP contribution is -2.19. The summed E-state index contributed by atoms with van der Waals surface area (Å²) in [7, 11) is 0. The summed E-state index contributed by atoms with van der Waals surface area (Å²) in [6.45, 7) is 2.37. The summed E-state index contributed by atoms with van der Waals surface area (Å²) >= 11 is 8.42. The van der Waals surface area contributed by atoms with Gasteiger partial charge in [-0.2, -0.15) is 5.26 Å². The summed E-state index contributed by atoms with van der Waals surface area (Å²) in [5, 5.41) is 12.6. The van der Waals surface area contributed by atoms with E-state index in [1.807, 2.05) is 60.7 Å². The number of hydrogen-bond acceptors (Lipinski definition) is 5. The van der Waals surface area contributed by atoms with Crippen molar-refractivity contribution < 1.29 is 9.53 Å². The zero-order valence-electron chi connectivity index (χ0n) is 18.1. The monoisotopic (exact) mass is 595 g/mol. The second kappa shape index (κ2) is 11.0. The highest BCUT2D eigenvalue weighted by Crippen LogP contribution is 2.37. The zero-order chi connectivity index (χ0) is 24.1. The maximum Gasteiger partial charge on any atom is 0.264 e. The molecule has 0 aliphatic carbocycles. The van der Waals surface area contributed by atoms with Crippen molar-refractivity contribution in [2.75, 3.05) is 0 Å². The van der Waals surface area contributed by atoms with E-state index in [-0.39, 0.29) is 12.5 Å². The quantitative estimate of drug-likeness (QED) is 0.308. The zero-order valence-corrected chi connectivity index (χ0v) is 22.1. The lowest BCUT2D eigenvalue weighted by Gasteiger charge is -2.12. The smallest absolute Gasteiger partial charge is 0.264 e. The van der Waals surface area contributed by atoms with Crippen molar-refractivity contribution >= 4 is 66.5 Å². The van der Waals surface area contributed by atoms with Crippen LogP contribution < -0.4 is 10.1 Å². The first-order valence-corrected chi connectivity index (χ1v) is 12.9. The van der Waals surface area contributed by atoms with Gasteiger partial charge in [-0.05, 0) is 97.6 Å². The number of nitrogens with zero attached hydrogens (tertiary/aromatic N) is 2. The molecule has 0 atom stereocenters. The number of thioether (sulfide) groups is 1. The summed E-state index contributed by atoms with van der Waals surface area (Å²) in [6.07, 6.45) is 2.78. The molecule has 0 spiro atoms. The van der Waals surface area contributed by atoms with Crippen LogP contribution in [0.25, 0.3) is 6.08 Å². The van der Waals surface area contributed by atoms with Gasteiger partial charge in [0.25, 0.3) is 5.91 Å². The number of carbonyl (C=O) groups excluding carboxylic acids is 1. The number of nitrogens with one attached hydrogen (secondary N) is 1. The Kier molecular flexibility index (Phi) is 7.88. The molecule has 8 heteroatoms. The number of ether oxygens (including phenoxy) is 1. The van der Waals surface area contributed by atoms with Gasteiger partial charge in [0.15, 0.2) is 5.17 Å². The molecule has 1 fully saturated rings. The predicted octanol–water partition coefficient (Wildman–Crippen LogP) is 7.12. The minimum absolute atomic E-state index is 0.186. The molecule has 1 amide bonds. The van der Waals surface area contributed by atoms with Gasteiger partial charge in [0, 0.05) is 5.56 Å². The van der Waals surface area contributed by atoms with Gasteiger partial charge in [0.1, 0.15) is 12.4 Å². The molecule has 4 rings (SSSR count). The number of aliphatic imine (C=N–C) groups is 1. The molecule has 0 unspecified atom stereocenters. The first-order valence-electron chi connectivity index (χ1n) is 10.4. The number of carbonyl (C=O) groups is 1. The summed E-state index contributed by atoms with van der Waals surface area (Å²) < 4.78 is 7.44. The Morgan fingerprint density at radius 1 is 1.12 bits per heavy atom. The number of amidine groups is 1. The molecule has 0 bridgehead atoms. The third kappa shape index (κ3) is 5.79. The van der Waals surface area contributed by atoms with Crippen molar-refractivity contribution in [3.8, 4) is 11.8 Å². The van der Waals surface area contributed by atoms with E-state index in [0.29, 0.717) is 21.4 Å². The van der Waals surface area contributed by atoms with E-state index in [1.165, 1.54) is 17.3 Å². The largest absolute Gasteiger partial charge is 0.486 e. The van der Waals surface area contributed by atoms with Crippen LogP contribution in [0.15, 0.2) is 79.5 Å². The molecule has 1 aliphatic rings. The Morgan fingerprint density at radius 2 is 1.82 bits per heavy atom. The molecule has 0 radical (unpaired) electrons. The summed E-state index contributed by atoms with van der Waals surface area (Å²) in [5.74, 6) is 0.436. The summed E-state index contributed by atoms with van der Waals surface area (Å²) in [5.41, 5.74) is 4.26. The van der Waals surface area contributed by atoms with Crippen molar-refractivity contribution in [1.82, 2.24) is 5.32 Å². The number of amides is 1. The molecule has 34 heavy (non-hydrogen) atoms. The van der Waals surface area contributed by atoms with Crippen LogP contribution in [0, 0.1) is 11.3 Å². The van der Waals surface area contributed by atoms with Gasteiger partial charge in [-0.1, -0.05) is 37.3 Å². The SMILES string of the molecule is CCc1ccc(N=C2NC(=O)/C(=C/c3cc(Br)c(OCc4ccccc4C#N)c(Br)c3)S2)cc1. The Labute approximate surface area is 219 Å². The average molecular weight is 597 g/mol. The highest BCUT2D eigenvalue weighted by Gasteiger charge is 2.24. The lowest BCUT2D eigenvalue weighted by atomic mass is 10.1. The third-order valence-corrected chi connectivity index (χ3v) is 7.14. The highest BCUT2D eigenvalue weighted by atomic mass is 79.9. The first-order chi connectivity index (χ1) is 16.5. The number of nitriles is 1. The van der Waals surface area contributed by atoms with E-state index in [4.69, 9.17) is 4.74 Å². The number of hydrogen-bond donors (Lipinski definition) is 1. The van der Waals surface area contributed by atoms with Crippen molar-refractivity contribution in [1.29, 1.82) is 5.26 Å². The van der Waals surface area contributed by atoms with Crippen LogP contribution in [-0.4, -0.2) is 11.1 Å². The predicted molar refractivity (Wildman–Crippen MR) is 144 cm³/mol. The molecule has 0 aromatic heterocycles. The van der Waals surface area contributed by atoms with Crippen molar-refractivity contribution in [2.45, 2.75) is 20.0 Å². The van der Waals surface area contributed by atoms with Crippen LogP contribution in [0.1, 0.15) is 29.2 Å². The van der Waals surface area contributed by atoms with Crippen LogP contribution in [0.5, 0.6) is 5.75 Å². The first kappa shape index (κ1) is 24.3. The highest BCUT2D eigenvalue weighted by molar-refractivity contribution is 9.11. The molecule has 5 nitrogen and oxygen atoms in total. The van der Waals surface area contributed by atoms with Gasteiger partial charge in [-0.25, -0.2) is 4.99 Å². The van der Waals surface area contributed by atoms with Gasteiger partial charge >= 0.3 is 0 Å².